The van der Waals surface area contributed by atoms with Crippen LogP contribution in [0.1, 0.15) is 22.5 Å². The van der Waals surface area contributed by atoms with E-state index in [1.54, 1.807) is 16.3 Å². The van der Waals surface area contributed by atoms with Crippen molar-refractivity contribution in [1.82, 2.24) is 9.88 Å². The predicted molar refractivity (Wildman–Crippen MR) is 98.7 cm³/mol. The molecule has 3 rings (SSSR count). The van der Waals surface area contributed by atoms with Crippen molar-refractivity contribution in [2.24, 2.45) is 0 Å². The molecule has 0 aliphatic carbocycles. The summed E-state index contributed by atoms with van der Waals surface area (Å²) in [7, 11) is 0. The Morgan fingerprint density at radius 1 is 1.16 bits per heavy atom. The molecule has 0 unspecified atom stereocenters. The highest BCUT2D eigenvalue weighted by Crippen LogP contribution is 2.39. The van der Waals surface area contributed by atoms with Gasteiger partial charge in [0.25, 0.3) is 0 Å². The van der Waals surface area contributed by atoms with Gasteiger partial charge in [-0.05, 0) is 43.7 Å². The monoisotopic (exact) mass is 406 g/mol. The fraction of sp³-hybridized carbons (Fsp3) is 0.294. The Kier molecular flexibility index (Phi) is 5.17. The summed E-state index contributed by atoms with van der Waals surface area (Å²) < 4.78 is 40.6. The van der Waals surface area contributed by atoms with Gasteiger partial charge in [0.15, 0.2) is 0 Å². The van der Waals surface area contributed by atoms with Crippen LogP contribution in [-0.2, 0) is 6.18 Å². The molecule has 2 aromatic rings. The van der Waals surface area contributed by atoms with E-state index < -0.39 is 11.7 Å². The molecule has 1 fully saturated rings. The molecule has 0 atom stereocenters. The fourth-order valence-corrected chi connectivity index (χ4v) is 4.32. The minimum Gasteiger partial charge on any atom is -0.315 e. The fourth-order valence-electron chi connectivity index (χ4n) is 2.86. The normalized spacial score (nSPS) is 16.8. The molecule has 134 valence electrons. The van der Waals surface area contributed by atoms with Crippen molar-refractivity contribution in [2.45, 2.75) is 20.0 Å². The van der Waals surface area contributed by atoms with Crippen LogP contribution in [0.15, 0.2) is 23.1 Å². The van der Waals surface area contributed by atoms with Crippen molar-refractivity contribution in [1.29, 1.82) is 0 Å². The van der Waals surface area contributed by atoms with Gasteiger partial charge in [0.05, 0.1) is 21.3 Å². The number of nitrogens with zero attached hydrogens (tertiary/aromatic N) is 1. The van der Waals surface area contributed by atoms with E-state index in [4.69, 9.17) is 23.2 Å². The molecule has 1 N–H and O–H groups in total. The molecule has 0 amide bonds. The van der Waals surface area contributed by atoms with E-state index in [2.05, 4.69) is 11.4 Å². The number of alkyl halides is 3. The Balaban J connectivity index is 2.11. The molecule has 1 aromatic heterocycles. The first-order valence-corrected chi connectivity index (χ1v) is 9.22. The van der Waals surface area contributed by atoms with Crippen molar-refractivity contribution in [3.8, 4) is 5.69 Å². The van der Waals surface area contributed by atoms with E-state index in [1.165, 1.54) is 4.91 Å². The number of nitrogens with one attached hydrogen (secondary N) is 1. The third kappa shape index (κ3) is 3.72. The van der Waals surface area contributed by atoms with Crippen LogP contribution in [0.25, 0.3) is 11.8 Å². The lowest BCUT2D eigenvalue weighted by Gasteiger charge is -2.16. The molecule has 8 heteroatoms. The van der Waals surface area contributed by atoms with Crippen molar-refractivity contribution in [3.63, 3.8) is 0 Å². The highest BCUT2D eigenvalue weighted by Gasteiger charge is 2.32. The minimum atomic E-state index is -4.49. The van der Waals surface area contributed by atoms with Crippen LogP contribution in [0.3, 0.4) is 0 Å². The van der Waals surface area contributed by atoms with Crippen LogP contribution in [0.5, 0.6) is 0 Å². The molecule has 0 saturated carbocycles. The second-order valence-electron chi connectivity index (χ2n) is 5.77. The summed E-state index contributed by atoms with van der Waals surface area (Å²) in [5.74, 6) is 0.876. The maximum atomic E-state index is 12.9. The van der Waals surface area contributed by atoms with Crippen molar-refractivity contribution < 1.29 is 13.2 Å². The van der Waals surface area contributed by atoms with Gasteiger partial charge in [-0.25, -0.2) is 0 Å². The van der Waals surface area contributed by atoms with Gasteiger partial charge in [-0.15, -0.1) is 11.8 Å². The first-order valence-electron chi connectivity index (χ1n) is 7.48. The Morgan fingerprint density at radius 3 is 2.32 bits per heavy atom. The summed E-state index contributed by atoms with van der Waals surface area (Å²) in [4.78, 5) is 1.21. The van der Waals surface area contributed by atoms with Gasteiger partial charge in [-0.1, -0.05) is 23.2 Å². The molecule has 1 aliphatic rings. The molecule has 25 heavy (non-hydrogen) atoms. The van der Waals surface area contributed by atoms with Gasteiger partial charge in [0.1, 0.15) is 0 Å². The number of benzene rings is 1. The zero-order valence-electron chi connectivity index (χ0n) is 13.5. The number of thioether (sulfide) groups is 1. The van der Waals surface area contributed by atoms with Gasteiger partial charge in [-0.3, -0.25) is 0 Å². The standard InChI is InChI=1S/C17H15Cl2F3N2S/c1-9-3-11(4-13-7-23-8-25-13)10(2)24(9)16-14(18)5-12(6-15(16)19)17(20,21)22/h3-6,23H,7-8H2,1-2H3. The first-order chi connectivity index (χ1) is 11.7. The van der Waals surface area contributed by atoms with Gasteiger partial charge in [0, 0.05) is 28.7 Å². The van der Waals surface area contributed by atoms with Crippen molar-refractivity contribution in [2.75, 3.05) is 12.4 Å². The van der Waals surface area contributed by atoms with Gasteiger partial charge >= 0.3 is 6.18 Å². The van der Waals surface area contributed by atoms with E-state index >= 15 is 0 Å². The molecule has 0 bridgehead atoms. The number of halogens is 5. The Labute approximate surface area is 158 Å². The molecule has 1 aliphatic heterocycles. The Morgan fingerprint density at radius 2 is 1.80 bits per heavy atom. The summed E-state index contributed by atoms with van der Waals surface area (Å²) in [6, 6.07) is 3.80. The summed E-state index contributed by atoms with van der Waals surface area (Å²) in [5.41, 5.74) is 2.23. The van der Waals surface area contributed by atoms with Crippen LogP contribution in [0.2, 0.25) is 10.0 Å². The van der Waals surface area contributed by atoms with E-state index in [-0.39, 0.29) is 10.0 Å². The molecule has 0 radical (unpaired) electrons. The number of hydrogen-bond donors (Lipinski definition) is 1. The van der Waals surface area contributed by atoms with Gasteiger partial charge in [-0.2, -0.15) is 13.2 Å². The van der Waals surface area contributed by atoms with E-state index in [1.807, 2.05) is 19.9 Å². The smallest absolute Gasteiger partial charge is 0.315 e. The van der Waals surface area contributed by atoms with Crippen LogP contribution in [0, 0.1) is 13.8 Å². The molecule has 0 spiro atoms. The molecule has 2 heterocycles. The number of rotatable bonds is 2. The lowest BCUT2D eigenvalue weighted by molar-refractivity contribution is -0.137. The van der Waals surface area contributed by atoms with E-state index in [0.29, 0.717) is 5.69 Å². The SMILES string of the molecule is Cc1cc(C=C2CNCS2)c(C)n1-c1c(Cl)cc(C(F)(F)F)cc1Cl. The Hall–Kier alpha value is -1.08. The number of hydrogen-bond acceptors (Lipinski definition) is 2. The quantitative estimate of drug-likeness (QED) is 0.652. The minimum absolute atomic E-state index is 0.0299. The largest absolute Gasteiger partial charge is 0.416 e. The lowest BCUT2D eigenvalue weighted by Crippen LogP contribution is -2.08. The third-order valence-electron chi connectivity index (χ3n) is 4.01. The van der Waals surface area contributed by atoms with E-state index in [0.717, 1.165) is 41.5 Å². The summed E-state index contributed by atoms with van der Waals surface area (Å²) in [5, 5.41) is 3.18. The molecular weight excluding hydrogens is 392 g/mol. The zero-order chi connectivity index (χ0) is 18.4. The second-order valence-corrected chi connectivity index (χ2v) is 7.69. The highest BCUT2D eigenvalue weighted by molar-refractivity contribution is 8.03. The molecule has 2 nitrogen and oxygen atoms in total. The van der Waals surface area contributed by atoms with Gasteiger partial charge < -0.3 is 9.88 Å². The maximum absolute atomic E-state index is 12.9. The highest BCUT2D eigenvalue weighted by atomic mass is 35.5. The average Bonchev–Trinajstić information content (AvgIpc) is 3.09. The third-order valence-corrected chi connectivity index (χ3v) is 5.57. The first kappa shape index (κ1) is 18.7. The zero-order valence-corrected chi connectivity index (χ0v) is 15.8. The lowest BCUT2D eigenvalue weighted by atomic mass is 10.2. The number of aryl methyl sites for hydroxylation is 1. The second kappa shape index (κ2) is 6.91. The van der Waals surface area contributed by atoms with Crippen molar-refractivity contribution in [3.05, 3.63) is 55.7 Å². The summed E-state index contributed by atoms with van der Waals surface area (Å²) in [6.07, 6.45) is -2.41. The topological polar surface area (TPSA) is 17.0 Å². The molecule has 1 saturated heterocycles. The molecular formula is C17H15Cl2F3N2S. The van der Waals surface area contributed by atoms with E-state index in [9.17, 15) is 13.2 Å². The van der Waals surface area contributed by atoms with Crippen molar-refractivity contribution >= 4 is 41.0 Å². The summed E-state index contributed by atoms with van der Waals surface area (Å²) in [6.45, 7) is 4.59. The van der Waals surface area contributed by atoms with Crippen LogP contribution >= 0.6 is 35.0 Å². The summed E-state index contributed by atoms with van der Waals surface area (Å²) >= 11 is 14.1. The maximum Gasteiger partial charge on any atom is 0.416 e. The predicted octanol–water partition coefficient (Wildman–Crippen LogP) is 6.05. The molecule has 1 aromatic carbocycles. The number of aromatic nitrogens is 1. The van der Waals surface area contributed by atoms with Crippen LogP contribution in [-0.4, -0.2) is 17.0 Å². The van der Waals surface area contributed by atoms with Crippen LogP contribution < -0.4 is 5.32 Å². The Bertz CT molecular complexity index is 825. The average molecular weight is 407 g/mol. The van der Waals surface area contributed by atoms with Crippen LogP contribution in [0.4, 0.5) is 13.2 Å². The van der Waals surface area contributed by atoms with Gasteiger partial charge in [0.2, 0.25) is 0 Å².